The van der Waals surface area contributed by atoms with Gasteiger partial charge in [-0.25, -0.2) is 0 Å². The Hall–Kier alpha value is -2.69. The molecule has 1 heterocycles. The highest BCUT2D eigenvalue weighted by molar-refractivity contribution is 6.06. The van der Waals surface area contributed by atoms with Crippen LogP contribution in [0, 0.1) is 0 Å². The van der Waals surface area contributed by atoms with Crippen LogP contribution in [0.15, 0.2) is 42.7 Å². The molecule has 1 aromatic heterocycles. The molecule has 0 unspecified atom stereocenters. The Bertz CT molecular complexity index is 636. The van der Waals surface area contributed by atoms with Crippen LogP contribution in [0.2, 0.25) is 0 Å². The average Bonchev–Trinajstić information content (AvgIpc) is 2.47. The van der Waals surface area contributed by atoms with Crippen LogP contribution in [0.1, 0.15) is 27.6 Å². The number of pyridine rings is 1. The van der Waals surface area contributed by atoms with Crippen molar-refractivity contribution in [3.8, 4) is 5.75 Å². The number of amides is 1. The van der Waals surface area contributed by atoms with E-state index < -0.39 is 0 Å². The predicted molar refractivity (Wildman–Crippen MR) is 75.2 cm³/mol. The number of aromatic nitrogens is 1. The van der Waals surface area contributed by atoms with Crippen molar-refractivity contribution in [2.24, 2.45) is 0 Å². The van der Waals surface area contributed by atoms with Gasteiger partial charge < -0.3 is 10.1 Å². The quantitative estimate of drug-likeness (QED) is 0.867. The van der Waals surface area contributed by atoms with Gasteiger partial charge in [0.05, 0.1) is 18.9 Å². The summed E-state index contributed by atoms with van der Waals surface area (Å²) >= 11 is 0. The maximum absolute atomic E-state index is 12.1. The maximum atomic E-state index is 12.1. The molecular formula is C15H14N2O3. The van der Waals surface area contributed by atoms with Crippen LogP contribution in [0.4, 0.5) is 5.69 Å². The minimum atomic E-state index is -0.292. The highest BCUT2D eigenvalue weighted by atomic mass is 16.5. The summed E-state index contributed by atoms with van der Waals surface area (Å²) < 4.78 is 5.09. The van der Waals surface area contributed by atoms with E-state index in [0.717, 1.165) is 0 Å². The molecule has 0 aliphatic heterocycles. The predicted octanol–water partition coefficient (Wildman–Crippen LogP) is 2.55. The first-order valence-electron chi connectivity index (χ1n) is 6.02. The van der Waals surface area contributed by atoms with Crippen LogP contribution in [0.5, 0.6) is 5.75 Å². The van der Waals surface area contributed by atoms with Crippen LogP contribution < -0.4 is 10.1 Å². The molecule has 0 radical (unpaired) electrons. The summed E-state index contributed by atoms with van der Waals surface area (Å²) in [4.78, 5) is 27.2. The number of carbonyl (C=O) groups excluding carboxylic acids is 2. The van der Waals surface area contributed by atoms with E-state index in [9.17, 15) is 9.59 Å². The average molecular weight is 270 g/mol. The zero-order valence-corrected chi connectivity index (χ0v) is 11.2. The molecule has 0 spiro atoms. The summed E-state index contributed by atoms with van der Waals surface area (Å²) in [6.07, 6.45) is 3.00. The lowest BCUT2D eigenvalue weighted by Gasteiger charge is -2.08. The fraction of sp³-hybridized carbons (Fsp3) is 0.133. The minimum Gasteiger partial charge on any atom is -0.494 e. The van der Waals surface area contributed by atoms with Gasteiger partial charge in [0.25, 0.3) is 5.91 Å². The molecule has 1 amide bonds. The third-order valence-electron chi connectivity index (χ3n) is 2.80. The number of Topliss-reactive ketones (excluding diaryl/α,β-unsaturated/α-hetero) is 1. The second-order valence-corrected chi connectivity index (χ2v) is 4.16. The lowest BCUT2D eigenvalue weighted by atomic mass is 10.1. The van der Waals surface area contributed by atoms with Crippen LogP contribution >= 0.6 is 0 Å². The van der Waals surface area contributed by atoms with Crippen molar-refractivity contribution < 1.29 is 14.3 Å². The number of rotatable bonds is 4. The molecule has 1 aromatic carbocycles. The van der Waals surface area contributed by atoms with Gasteiger partial charge in [-0.1, -0.05) is 0 Å². The lowest BCUT2D eigenvalue weighted by molar-refractivity contribution is 0.101. The third-order valence-corrected chi connectivity index (χ3v) is 2.80. The van der Waals surface area contributed by atoms with Gasteiger partial charge >= 0.3 is 0 Å². The monoisotopic (exact) mass is 270 g/mol. The summed E-state index contributed by atoms with van der Waals surface area (Å²) in [5.74, 6) is 0.101. The normalized spacial score (nSPS) is 9.90. The van der Waals surface area contributed by atoms with Crippen LogP contribution in [0.25, 0.3) is 0 Å². The molecule has 0 fully saturated rings. The molecule has 0 atom stereocenters. The molecule has 5 heteroatoms. The Morgan fingerprint density at radius 3 is 2.45 bits per heavy atom. The van der Waals surface area contributed by atoms with Crippen LogP contribution in [0.3, 0.4) is 0 Å². The minimum absolute atomic E-state index is 0.0151. The summed E-state index contributed by atoms with van der Waals surface area (Å²) in [5.41, 5.74) is 1.61. The summed E-state index contributed by atoms with van der Waals surface area (Å²) in [6.45, 7) is 1.50. The van der Waals surface area contributed by atoms with Crippen molar-refractivity contribution in [3.05, 3.63) is 53.9 Å². The number of nitrogens with zero attached hydrogens (tertiary/aromatic N) is 1. The summed E-state index contributed by atoms with van der Waals surface area (Å²) in [6, 6.07) is 8.28. The van der Waals surface area contributed by atoms with Gasteiger partial charge in [0, 0.05) is 17.4 Å². The number of nitrogens with one attached hydrogen (secondary N) is 1. The number of hydrogen-bond acceptors (Lipinski definition) is 4. The van der Waals surface area contributed by atoms with Crippen molar-refractivity contribution in [1.29, 1.82) is 0 Å². The number of anilines is 1. The Labute approximate surface area is 116 Å². The topological polar surface area (TPSA) is 68.3 Å². The van der Waals surface area contributed by atoms with Gasteiger partial charge in [-0.2, -0.15) is 0 Å². The molecule has 0 bridgehead atoms. The van der Waals surface area contributed by atoms with Crippen molar-refractivity contribution in [2.75, 3.05) is 12.4 Å². The van der Waals surface area contributed by atoms with Gasteiger partial charge in [-0.15, -0.1) is 0 Å². The Morgan fingerprint density at radius 1 is 1.15 bits per heavy atom. The zero-order valence-electron chi connectivity index (χ0n) is 11.2. The van der Waals surface area contributed by atoms with Crippen LogP contribution in [-0.2, 0) is 0 Å². The van der Waals surface area contributed by atoms with E-state index in [-0.39, 0.29) is 11.7 Å². The Morgan fingerprint density at radius 2 is 1.85 bits per heavy atom. The van der Waals surface area contributed by atoms with Crippen LogP contribution in [-0.4, -0.2) is 23.8 Å². The molecule has 0 aliphatic rings. The molecule has 0 saturated heterocycles. The van der Waals surface area contributed by atoms with Gasteiger partial charge in [0.15, 0.2) is 5.78 Å². The number of ether oxygens (including phenoxy) is 1. The van der Waals surface area contributed by atoms with Gasteiger partial charge in [0.2, 0.25) is 0 Å². The molecular weight excluding hydrogens is 256 g/mol. The van der Waals surface area contributed by atoms with E-state index in [4.69, 9.17) is 4.74 Å². The highest BCUT2D eigenvalue weighted by Crippen LogP contribution is 2.18. The van der Waals surface area contributed by atoms with Crippen molar-refractivity contribution in [2.45, 2.75) is 6.92 Å². The van der Waals surface area contributed by atoms with E-state index >= 15 is 0 Å². The second kappa shape index (κ2) is 5.97. The van der Waals surface area contributed by atoms with Gasteiger partial charge in [-0.05, 0) is 37.3 Å². The van der Waals surface area contributed by atoms with Crippen molar-refractivity contribution in [3.63, 3.8) is 0 Å². The first-order chi connectivity index (χ1) is 9.61. The largest absolute Gasteiger partial charge is 0.494 e. The molecule has 0 aliphatic carbocycles. The van der Waals surface area contributed by atoms with E-state index in [1.165, 1.54) is 26.4 Å². The number of benzene rings is 1. The highest BCUT2D eigenvalue weighted by Gasteiger charge is 2.12. The van der Waals surface area contributed by atoms with E-state index in [1.807, 2.05) is 0 Å². The third kappa shape index (κ3) is 3.00. The number of carbonyl (C=O) groups is 2. The first kappa shape index (κ1) is 13.7. The first-order valence-corrected chi connectivity index (χ1v) is 6.02. The van der Waals surface area contributed by atoms with E-state index in [2.05, 4.69) is 10.3 Å². The Kier molecular flexibility index (Phi) is 4.10. The molecule has 5 nitrogen and oxygen atoms in total. The summed E-state index contributed by atoms with van der Waals surface area (Å²) in [7, 11) is 1.48. The Balaban J connectivity index is 2.17. The number of methoxy groups -OCH3 is 1. The van der Waals surface area contributed by atoms with Crippen molar-refractivity contribution in [1.82, 2.24) is 4.98 Å². The SMILES string of the molecule is COc1cnccc1C(=O)Nc1ccc(C(C)=O)cc1. The fourth-order valence-corrected chi connectivity index (χ4v) is 1.72. The number of ketones is 1. The summed E-state index contributed by atoms with van der Waals surface area (Å²) in [5, 5.41) is 2.74. The molecule has 1 N–H and O–H groups in total. The van der Waals surface area contributed by atoms with Crippen molar-refractivity contribution >= 4 is 17.4 Å². The van der Waals surface area contributed by atoms with Gasteiger partial charge in [0.1, 0.15) is 5.75 Å². The molecule has 102 valence electrons. The fourth-order valence-electron chi connectivity index (χ4n) is 1.72. The lowest BCUT2D eigenvalue weighted by Crippen LogP contribution is -2.13. The zero-order chi connectivity index (χ0) is 14.5. The van der Waals surface area contributed by atoms with E-state index in [1.54, 1.807) is 30.3 Å². The molecule has 2 aromatic rings. The molecule has 20 heavy (non-hydrogen) atoms. The maximum Gasteiger partial charge on any atom is 0.259 e. The van der Waals surface area contributed by atoms with E-state index in [0.29, 0.717) is 22.6 Å². The van der Waals surface area contributed by atoms with Gasteiger partial charge in [-0.3, -0.25) is 14.6 Å². The smallest absolute Gasteiger partial charge is 0.259 e. The standard InChI is InChI=1S/C15H14N2O3/c1-10(18)11-3-5-12(6-4-11)17-15(19)13-7-8-16-9-14(13)20-2/h3-9H,1-2H3,(H,17,19). The molecule has 0 saturated carbocycles. The molecule has 2 rings (SSSR count). The number of hydrogen-bond donors (Lipinski definition) is 1. The second-order valence-electron chi connectivity index (χ2n) is 4.16.